The molecule has 2 rings (SSSR count). The Hall–Kier alpha value is -0.330. The van der Waals surface area contributed by atoms with Crippen molar-refractivity contribution in [3.05, 3.63) is 0 Å². The molecule has 0 aromatic carbocycles. The Bertz CT molecular complexity index is 239. The van der Waals surface area contributed by atoms with Crippen molar-refractivity contribution in [3.8, 4) is 0 Å². The van der Waals surface area contributed by atoms with E-state index in [9.17, 15) is 18.3 Å². The van der Waals surface area contributed by atoms with Gasteiger partial charge in [0.2, 0.25) is 0 Å². The van der Waals surface area contributed by atoms with Gasteiger partial charge in [-0.3, -0.25) is 0 Å². The number of aliphatic hydroxyl groups excluding tert-OH is 2. The van der Waals surface area contributed by atoms with E-state index in [0.717, 1.165) is 0 Å². The van der Waals surface area contributed by atoms with Crippen molar-refractivity contribution in [3.63, 3.8) is 0 Å². The summed E-state index contributed by atoms with van der Waals surface area (Å²) in [4.78, 5) is 0. The Kier molecular flexibility index (Phi) is 2.06. The average Bonchev–Trinajstić information content (AvgIpc) is 2.77. The number of β-amino-alcohol motifs (C(OH)–C–C–N with tert-alkyl or cyclic N) is 1. The van der Waals surface area contributed by atoms with E-state index in [1.54, 1.807) is 0 Å². The number of hydrogen-bond acceptors (Lipinski definition) is 3. The van der Waals surface area contributed by atoms with Crippen molar-refractivity contribution in [2.75, 3.05) is 6.54 Å². The van der Waals surface area contributed by atoms with Crippen molar-refractivity contribution in [2.24, 2.45) is 5.92 Å². The topological polar surface area (TPSA) is 52.5 Å². The van der Waals surface area contributed by atoms with E-state index in [1.165, 1.54) is 0 Å². The molecule has 3 nitrogen and oxygen atoms in total. The van der Waals surface area contributed by atoms with E-state index in [1.807, 2.05) is 0 Å². The Morgan fingerprint density at radius 2 is 1.79 bits per heavy atom. The molecule has 3 unspecified atom stereocenters. The van der Waals surface area contributed by atoms with E-state index in [2.05, 4.69) is 5.32 Å². The molecule has 0 bridgehead atoms. The van der Waals surface area contributed by atoms with Crippen LogP contribution in [0, 0.1) is 5.92 Å². The molecule has 1 saturated carbocycles. The minimum atomic E-state index is -4.45. The quantitative estimate of drug-likeness (QED) is 0.529. The van der Waals surface area contributed by atoms with Gasteiger partial charge in [0.25, 0.3) is 0 Å². The first-order chi connectivity index (χ1) is 6.37. The van der Waals surface area contributed by atoms with Gasteiger partial charge in [0.05, 0.1) is 12.2 Å². The second kappa shape index (κ2) is 2.84. The van der Waals surface area contributed by atoms with Crippen molar-refractivity contribution < 1.29 is 23.4 Å². The minimum absolute atomic E-state index is 0.0355. The smallest absolute Gasteiger partial charge is 0.390 e. The van der Waals surface area contributed by atoms with Gasteiger partial charge in [-0.05, 0) is 12.8 Å². The van der Waals surface area contributed by atoms with E-state index in [0.29, 0.717) is 12.8 Å². The van der Waals surface area contributed by atoms with Crippen LogP contribution < -0.4 is 5.32 Å². The van der Waals surface area contributed by atoms with Crippen molar-refractivity contribution in [1.29, 1.82) is 0 Å². The van der Waals surface area contributed by atoms with E-state index >= 15 is 0 Å². The number of aliphatic hydroxyl groups is 2. The SMILES string of the molecule is OC1CNC2(CC2)C(C(F)(F)F)C1O. The molecule has 3 N–H and O–H groups in total. The maximum Gasteiger partial charge on any atom is 0.396 e. The highest BCUT2D eigenvalue weighted by Crippen LogP contribution is 2.52. The number of nitrogens with one attached hydrogen (secondary N) is 1. The number of hydrogen-bond donors (Lipinski definition) is 3. The van der Waals surface area contributed by atoms with Crippen molar-refractivity contribution in [1.82, 2.24) is 5.32 Å². The van der Waals surface area contributed by atoms with Crippen molar-refractivity contribution >= 4 is 0 Å². The molecule has 1 aliphatic heterocycles. The lowest BCUT2D eigenvalue weighted by atomic mass is 9.84. The van der Waals surface area contributed by atoms with E-state index in [4.69, 9.17) is 5.11 Å². The maximum absolute atomic E-state index is 12.6. The predicted molar refractivity (Wildman–Crippen MR) is 41.5 cm³/mol. The Morgan fingerprint density at radius 1 is 1.21 bits per heavy atom. The van der Waals surface area contributed by atoms with Gasteiger partial charge in [-0.15, -0.1) is 0 Å². The first kappa shape index (κ1) is 10.2. The monoisotopic (exact) mass is 211 g/mol. The van der Waals surface area contributed by atoms with Gasteiger partial charge >= 0.3 is 6.18 Å². The fraction of sp³-hybridized carbons (Fsp3) is 1.00. The van der Waals surface area contributed by atoms with Crippen LogP contribution in [-0.4, -0.2) is 40.7 Å². The predicted octanol–water partition coefficient (Wildman–Crippen LogP) is 0.0225. The second-order valence-electron chi connectivity index (χ2n) is 4.11. The summed E-state index contributed by atoms with van der Waals surface area (Å²) in [6.45, 7) is 0.0355. The number of alkyl halides is 3. The number of piperidine rings is 1. The second-order valence-corrected chi connectivity index (χ2v) is 4.11. The van der Waals surface area contributed by atoms with Gasteiger partial charge in [-0.1, -0.05) is 0 Å². The fourth-order valence-corrected chi connectivity index (χ4v) is 2.22. The molecule has 0 aromatic rings. The standard InChI is InChI=1S/C8H12F3NO2/c9-8(10,11)6-5(14)4(13)3-12-7(6)1-2-7/h4-6,12-14H,1-3H2. The highest BCUT2D eigenvalue weighted by molar-refractivity contribution is 5.14. The molecule has 14 heavy (non-hydrogen) atoms. The zero-order valence-corrected chi connectivity index (χ0v) is 7.38. The molecular formula is C8H12F3NO2. The van der Waals surface area contributed by atoms with Gasteiger partial charge in [0.15, 0.2) is 0 Å². The molecule has 1 saturated heterocycles. The van der Waals surface area contributed by atoms with Crippen LogP contribution in [0.4, 0.5) is 13.2 Å². The van der Waals surface area contributed by atoms with Gasteiger partial charge in [-0.2, -0.15) is 13.2 Å². The normalized spacial score (nSPS) is 41.4. The van der Waals surface area contributed by atoms with Crippen LogP contribution in [0.1, 0.15) is 12.8 Å². The Morgan fingerprint density at radius 3 is 2.21 bits per heavy atom. The molecule has 82 valence electrons. The number of halogens is 3. The minimum Gasteiger partial charge on any atom is -0.390 e. The van der Waals surface area contributed by atoms with Crippen molar-refractivity contribution in [2.45, 2.75) is 36.8 Å². The van der Waals surface area contributed by atoms with Gasteiger partial charge < -0.3 is 15.5 Å². The lowest BCUT2D eigenvalue weighted by molar-refractivity contribution is -0.233. The summed E-state index contributed by atoms with van der Waals surface area (Å²) < 4.78 is 37.8. The zero-order chi connectivity index (χ0) is 10.6. The fourth-order valence-electron chi connectivity index (χ4n) is 2.22. The van der Waals surface area contributed by atoms with Crippen LogP contribution in [-0.2, 0) is 0 Å². The van der Waals surface area contributed by atoms with Gasteiger partial charge in [-0.25, -0.2) is 0 Å². The molecular weight excluding hydrogens is 199 g/mol. The third-order valence-corrected chi connectivity index (χ3v) is 3.14. The first-order valence-electron chi connectivity index (χ1n) is 4.55. The molecule has 0 amide bonds. The summed E-state index contributed by atoms with van der Waals surface area (Å²) in [6.07, 6.45) is -6.64. The zero-order valence-electron chi connectivity index (χ0n) is 7.38. The summed E-state index contributed by atoms with van der Waals surface area (Å²) >= 11 is 0. The first-order valence-corrected chi connectivity index (χ1v) is 4.55. The molecule has 0 radical (unpaired) electrons. The van der Waals surface area contributed by atoms with E-state index in [-0.39, 0.29) is 6.54 Å². The highest BCUT2D eigenvalue weighted by atomic mass is 19.4. The van der Waals surface area contributed by atoms with Crippen LogP contribution >= 0.6 is 0 Å². The van der Waals surface area contributed by atoms with Crippen LogP contribution in [0.25, 0.3) is 0 Å². The molecule has 1 spiro atoms. The summed E-state index contributed by atoms with van der Waals surface area (Å²) in [5.41, 5.74) is -1.00. The molecule has 1 aliphatic carbocycles. The van der Waals surface area contributed by atoms with Gasteiger partial charge in [0.1, 0.15) is 5.92 Å². The third-order valence-electron chi connectivity index (χ3n) is 3.14. The molecule has 6 heteroatoms. The highest BCUT2D eigenvalue weighted by Gasteiger charge is 2.65. The molecule has 2 fully saturated rings. The largest absolute Gasteiger partial charge is 0.396 e. The lowest BCUT2D eigenvalue weighted by Crippen LogP contribution is -2.62. The summed E-state index contributed by atoms with van der Waals surface area (Å²) in [7, 11) is 0. The lowest BCUT2D eigenvalue weighted by Gasteiger charge is -2.40. The molecule has 2 aliphatic rings. The summed E-state index contributed by atoms with van der Waals surface area (Å²) in [5, 5.41) is 21.2. The average molecular weight is 211 g/mol. The summed E-state index contributed by atoms with van der Waals surface area (Å²) in [6, 6.07) is 0. The molecule has 0 aromatic heterocycles. The van der Waals surface area contributed by atoms with Crippen LogP contribution in [0.3, 0.4) is 0 Å². The van der Waals surface area contributed by atoms with E-state index < -0.39 is 29.8 Å². The molecule has 3 atom stereocenters. The van der Waals surface area contributed by atoms with Crippen LogP contribution in [0.15, 0.2) is 0 Å². The number of rotatable bonds is 0. The molecule has 1 heterocycles. The Balaban J connectivity index is 2.23. The maximum atomic E-state index is 12.6. The van der Waals surface area contributed by atoms with Crippen LogP contribution in [0.2, 0.25) is 0 Å². The van der Waals surface area contributed by atoms with Crippen LogP contribution in [0.5, 0.6) is 0 Å². The summed E-state index contributed by atoms with van der Waals surface area (Å²) in [5.74, 6) is -1.83. The third kappa shape index (κ3) is 1.41. The van der Waals surface area contributed by atoms with Gasteiger partial charge in [0, 0.05) is 12.1 Å². The Labute approximate surface area is 78.9 Å².